The quantitative estimate of drug-likeness (QED) is 0.926. The first-order valence-electron chi connectivity index (χ1n) is 4.97. The van der Waals surface area contributed by atoms with Crippen molar-refractivity contribution in [2.24, 2.45) is 7.05 Å². The summed E-state index contributed by atoms with van der Waals surface area (Å²) in [5.74, 6) is 0. The molecule has 0 amide bonds. The van der Waals surface area contributed by atoms with E-state index in [4.69, 9.17) is 11.6 Å². The van der Waals surface area contributed by atoms with Crippen molar-refractivity contribution in [2.45, 2.75) is 12.5 Å². The summed E-state index contributed by atoms with van der Waals surface area (Å²) in [6.45, 7) is 1.66. The van der Waals surface area contributed by atoms with Crippen LogP contribution in [0.5, 0.6) is 0 Å². The van der Waals surface area contributed by atoms with Gasteiger partial charge in [-0.1, -0.05) is 35.0 Å². The van der Waals surface area contributed by atoms with Gasteiger partial charge >= 0.3 is 0 Å². The molecule has 90 valence electrons. The molecule has 1 N–H and O–H groups in total. The van der Waals surface area contributed by atoms with Crippen LogP contribution in [0.15, 0.2) is 28.9 Å². The van der Waals surface area contributed by atoms with Crippen molar-refractivity contribution in [1.29, 1.82) is 0 Å². The Hall–Kier alpha value is -0.910. The van der Waals surface area contributed by atoms with E-state index in [0.29, 0.717) is 20.9 Å². The van der Waals surface area contributed by atoms with Crippen molar-refractivity contribution in [3.63, 3.8) is 0 Å². The fourth-order valence-electron chi connectivity index (χ4n) is 1.83. The van der Waals surface area contributed by atoms with Crippen molar-refractivity contribution in [1.82, 2.24) is 15.0 Å². The van der Waals surface area contributed by atoms with Gasteiger partial charge in [0.25, 0.3) is 0 Å². The van der Waals surface area contributed by atoms with Crippen LogP contribution in [-0.4, -0.2) is 20.1 Å². The lowest BCUT2D eigenvalue weighted by atomic mass is 9.93. The summed E-state index contributed by atoms with van der Waals surface area (Å²) in [6.07, 6.45) is 0. The molecule has 0 saturated carbocycles. The van der Waals surface area contributed by atoms with Crippen molar-refractivity contribution in [3.8, 4) is 0 Å². The Kier molecular flexibility index (Phi) is 3.25. The highest BCUT2D eigenvalue weighted by Crippen LogP contribution is 2.36. The van der Waals surface area contributed by atoms with E-state index in [2.05, 4.69) is 26.2 Å². The highest BCUT2D eigenvalue weighted by Gasteiger charge is 2.33. The second-order valence-electron chi connectivity index (χ2n) is 3.90. The molecule has 0 aliphatic carbocycles. The number of aromatic nitrogens is 3. The van der Waals surface area contributed by atoms with Gasteiger partial charge in [0.05, 0.1) is 0 Å². The standard InChI is InChI=1S/C11H11BrClN3O/c1-11(17,7-5-3-4-6-8(7)13)9-10(12)14-15-16(9)2/h3-6,17H,1-2H3. The highest BCUT2D eigenvalue weighted by molar-refractivity contribution is 9.10. The van der Waals surface area contributed by atoms with Crippen LogP contribution in [0.25, 0.3) is 0 Å². The van der Waals surface area contributed by atoms with Crippen molar-refractivity contribution < 1.29 is 5.11 Å². The fraction of sp³-hybridized carbons (Fsp3) is 0.273. The first-order valence-corrected chi connectivity index (χ1v) is 6.14. The number of halogens is 2. The van der Waals surface area contributed by atoms with Gasteiger partial charge in [0.15, 0.2) is 4.60 Å². The fourth-order valence-corrected chi connectivity index (χ4v) is 2.86. The van der Waals surface area contributed by atoms with E-state index in [1.165, 1.54) is 4.68 Å². The summed E-state index contributed by atoms with van der Waals surface area (Å²) in [6, 6.07) is 7.16. The first kappa shape index (κ1) is 12.5. The number of aryl methyl sites for hydroxylation is 1. The molecule has 0 aliphatic heterocycles. The number of aliphatic hydroxyl groups is 1. The molecule has 0 aliphatic rings. The Labute approximate surface area is 112 Å². The van der Waals surface area contributed by atoms with Gasteiger partial charge in [0.2, 0.25) is 0 Å². The molecular weight excluding hydrogens is 305 g/mol. The molecular formula is C11H11BrClN3O. The number of rotatable bonds is 2. The number of benzene rings is 1. The Morgan fingerprint density at radius 2 is 2.06 bits per heavy atom. The lowest BCUT2D eigenvalue weighted by Crippen LogP contribution is -2.27. The minimum atomic E-state index is -1.25. The van der Waals surface area contributed by atoms with E-state index in [1.807, 2.05) is 12.1 Å². The topological polar surface area (TPSA) is 50.9 Å². The zero-order chi connectivity index (χ0) is 12.6. The van der Waals surface area contributed by atoms with Crippen molar-refractivity contribution in [2.75, 3.05) is 0 Å². The average Bonchev–Trinajstić information content (AvgIpc) is 2.59. The summed E-state index contributed by atoms with van der Waals surface area (Å²) >= 11 is 9.38. The van der Waals surface area contributed by atoms with E-state index in [-0.39, 0.29) is 0 Å². The molecule has 1 unspecified atom stereocenters. The Morgan fingerprint density at radius 1 is 1.41 bits per heavy atom. The highest BCUT2D eigenvalue weighted by atomic mass is 79.9. The van der Waals surface area contributed by atoms with Gasteiger partial charge in [-0.05, 0) is 28.9 Å². The third-order valence-electron chi connectivity index (χ3n) is 2.65. The van der Waals surface area contributed by atoms with Crippen LogP contribution in [0.1, 0.15) is 18.2 Å². The Balaban J connectivity index is 2.62. The van der Waals surface area contributed by atoms with Gasteiger partial charge in [0.1, 0.15) is 11.3 Å². The molecule has 6 heteroatoms. The maximum Gasteiger partial charge on any atom is 0.154 e. The SMILES string of the molecule is Cn1nnc(Br)c1C(C)(O)c1ccccc1Cl. The van der Waals surface area contributed by atoms with Crippen LogP contribution >= 0.6 is 27.5 Å². The molecule has 0 spiro atoms. The summed E-state index contributed by atoms with van der Waals surface area (Å²) in [7, 11) is 1.72. The molecule has 1 heterocycles. The predicted octanol–water partition coefficient (Wildman–Crippen LogP) is 2.49. The summed E-state index contributed by atoms with van der Waals surface area (Å²) in [5, 5.41) is 18.9. The molecule has 1 aromatic heterocycles. The van der Waals surface area contributed by atoms with E-state index in [9.17, 15) is 5.11 Å². The summed E-state index contributed by atoms with van der Waals surface area (Å²) < 4.78 is 2.03. The van der Waals surface area contributed by atoms with E-state index in [1.54, 1.807) is 26.1 Å². The van der Waals surface area contributed by atoms with Crippen LogP contribution in [0.2, 0.25) is 5.02 Å². The maximum absolute atomic E-state index is 10.7. The third kappa shape index (κ3) is 2.10. The first-order chi connectivity index (χ1) is 7.94. The van der Waals surface area contributed by atoms with Gasteiger partial charge in [-0.25, -0.2) is 4.68 Å². The van der Waals surface area contributed by atoms with E-state index in [0.717, 1.165) is 0 Å². The molecule has 1 atom stereocenters. The van der Waals surface area contributed by atoms with Crippen LogP contribution in [0, 0.1) is 0 Å². The minimum Gasteiger partial charge on any atom is -0.379 e. The predicted molar refractivity (Wildman–Crippen MR) is 68.8 cm³/mol. The Bertz CT molecular complexity index is 534. The molecule has 0 fully saturated rings. The number of hydrogen-bond acceptors (Lipinski definition) is 3. The van der Waals surface area contributed by atoms with E-state index >= 15 is 0 Å². The van der Waals surface area contributed by atoms with Gasteiger partial charge in [0, 0.05) is 17.6 Å². The van der Waals surface area contributed by atoms with Crippen LogP contribution < -0.4 is 0 Å². The molecule has 0 bridgehead atoms. The van der Waals surface area contributed by atoms with Crippen molar-refractivity contribution in [3.05, 3.63) is 45.1 Å². The van der Waals surface area contributed by atoms with Crippen LogP contribution in [0.3, 0.4) is 0 Å². The van der Waals surface area contributed by atoms with Crippen molar-refractivity contribution >= 4 is 27.5 Å². The third-order valence-corrected chi connectivity index (χ3v) is 3.51. The smallest absolute Gasteiger partial charge is 0.154 e. The van der Waals surface area contributed by atoms with Crippen LogP contribution in [-0.2, 0) is 12.6 Å². The normalized spacial score (nSPS) is 14.6. The van der Waals surface area contributed by atoms with Crippen LogP contribution in [0.4, 0.5) is 0 Å². The Morgan fingerprint density at radius 3 is 2.59 bits per heavy atom. The molecule has 2 aromatic rings. The van der Waals surface area contributed by atoms with Gasteiger partial charge in [-0.15, -0.1) is 5.10 Å². The second kappa shape index (κ2) is 4.40. The maximum atomic E-state index is 10.7. The monoisotopic (exact) mass is 315 g/mol. The lowest BCUT2D eigenvalue weighted by molar-refractivity contribution is 0.0922. The van der Waals surface area contributed by atoms with Gasteiger partial charge < -0.3 is 5.11 Å². The molecule has 2 rings (SSSR count). The van der Waals surface area contributed by atoms with E-state index < -0.39 is 5.60 Å². The van der Waals surface area contributed by atoms with Gasteiger partial charge in [-0.2, -0.15) is 0 Å². The second-order valence-corrected chi connectivity index (χ2v) is 5.06. The number of hydrogen-bond donors (Lipinski definition) is 1. The zero-order valence-electron chi connectivity index (χ0n) is 9.35. The largest absolute Gasteiger partial charge is 0.379 e. The summed E-state index contributed by atoms with van der Waals surface area (Å²) in [5.41, 5.74) is -0.0755. The minimum absolute atomic E-state index is 0.505. The zero-order valence-corrected chi connectivity index (χ0v) is 11.7. The molecule has 0 radical (unpaired) electrons. The van der Waals surface area contributed by atoms with Gasteiger partial charge in [-0.3, -0.25) is 0 Å². The molecule has 4 nitrogen and oxygen atoms in total. The molecule has 17 heavy (non-hydrogen) atoms. The number of nitrogens with zero attached hydrogens (tertiary/aromatic N) is 3. The molecule has 0 saturated heterocycles. The molecule has 1 aromatic carbocycles. The average molecular weight is 317 g/mol. The lowest BCUT2D eigenvalue weighted by Gasteiger charge is -2.24. The summed E-state index contributed by atoms with van der Waals surface area (Å²) in [4.78, 5) is 0.